The molecular weight excluding hydrogens is 348 g/mol. The molecule has 0 unspecified atom stereocenters. The first-order chi connectivity index (χ1) is 13.7. The second kappa shape index (κ2) is 10.3. The van der Waals surface area contributed by atoms with Gasteiger partial charge in [-0.1, -0.05) is 44.2 Å². The van der Waals surface area contributed by atoms with E-state index >= 15 is 0 Å². The predicted molar refractivity (Wildman–Crippen MR) is 113 cm³/mol. The molecular formula is C23H32N4O. The lowest BCUT2D eigenvalue weighted by molar-refractivity contribution is 0.0874. The van der Waals surface area contributed by atoms with Crippen molar-refractivity contribution in [1.29, 1.82) is 0 Å². The van der Waals surface area contributed by atoms with E-state index in [1.165, 1.54) is 12.8 Å². The summed E-state index contributed by atoms with van der Waals surface area (Å²) in [6, 6.07) is 14.5. The van der Waals surface area contributed by atoms with E-state index in [0.29, 0.717) is 18.2 Å². The first-order valence-electron chi connectivity index (χ1n) is 10.4. The van der Waals surface area contributed by atoms with Gasteiger partial charge >= 0.3 is 0 Å². The van der Waals surface area contributed by atoms with Crippen LogP contribution in [0, 0.1) is 0 Å². The number of benzene rings is 1. The Balaban J connectivity index is 1.46. The van der Waals surface area contributed by atoms with Crippen LogP contribution in [-0.4, -0.2) is 52.9 Å². The van der Waals surface area contributed by atoms with Crippen molar-refractivity contribution in [3.8, 4) is 0 Å². The highest BCUT2D eigenvalue weighted by Gasteiger charge is 2.21. The zero-order valence-electron chi connectivity index (χ0n) is 17.1. The summed E-state index contributed by atoms with van der Waals surface area (Å²) in [7, 11) is 0. The minimum atomic E-state index is -0.0818. The third-order valence-electron chi connectivity index (χ3n) is 5.63. The van der Waals surface area contributed by atoms with Crippen LogP contribution < -0.4 is 5.32 Å². The molecule has 1 aromatic heterocycles. The minimum Gasteiger partial charge on any atom is -0.348 e. The number of pyridine rings is 1. The first kappa shape index (κ1) is 20.5. The van der Waals surface area contributed by atoms with Crippen molar-refractivity contribution in [2.75, 3.05) is 26.2 Å². The van der Waals surface area contributed by atoms with Gasteiger partial charge in [-0.05, 0) is 30.5 Å². The molecule has 1 amide bonds. The molecule has 2 heterocycles. The number of hydrogen-bond donors (Lipinski definition) is 1. The predicted octanol–water partition coefficient (Wildman–Crippen LogP) is 3.32. The van der Waals surface area contributed by atoms with E-state index in [1.54, 1.807) is 6.20 Å². The average molecular weight is 381 g/mol. The summed E-state index contributed by atoms with van der Waals surface area (Å²) in [6.07, 6.45) is 4.15. The summed E-state index contributed by atoms with van der Waals surface area (Å²) in [6.45, 7) is 10.4. The molecule has 1 aliphatic heterocycles. The van der Waals surface area contributed by atoms with Crippen LogP contribution in [0.3, 0.4) is 0 Å². The molecule has 5 nitrogen and oxygen atoms in total. The Kier molecular flexibility index (Phi) is 7.57. The molecule has 0 bridgehead atoms. The van der Waals surface area contributed by atoms with Crippen LogP contribution in [0.2, 0.25) is 0 Å². The molecule has 0 saturated carbocycles. The van der Waals surface area contributed by atoms with Crippen LogP contribution in [0.5, 0.6) is 0 Å². The molecule has 0 atom stereocenters. The van der Waals surface area contributed by atoms with Gasteiger partial charge in [0.2, 0.25) is 0 Å². The third kappa shape index (κ3) is 5.63. The molecule has 2 aromatic rings. The van der Waals surface area contributed by atoms with Gasteiger partial charge in [-0.25, -0.2) is 0 Å². The van der Waals surface area contributed by atoms with E-state index in [-0.39, 0.29) is 5.91 Å². The number of nitrogens with zero attached hydrogens (tertiary/aromatic N) is 3. The lowest BCUT2D eigenvalue weighted by atomic mass is 10.1. The van der Waals surface area contributed by atoms with Crippen LogP contribution in [0.25, 0.3) is 0 Å². The number of aromatic nitrogens is 1. The van der Waals surface area contributed by atoms with E-state index in [2.05, 4.69) is 33.9 Å². The molecule has 0 radical (unpaired) electrons. The Hall–Kier alpha value is -2.24. The van der Waals surface area contributed by atoms with Gasteiger partial charge in [0.25, 0.3) is 5.91 Å². The van der Waals surface area contributed by atoms with Crippen molar-refractivity contribution in [1.82, 2.24) is 20.1 Å². The summed E-state index contributed by atoms with van der Waals surface area (Å²) in [4.78, 5) is 21.9. The zero-order chi connectivity index (χ0) is 19.8. The molecule has 1 fully saturated rings. The van der Waals surface area contributed by atoms with Gasteiger partial charge in [0, 0.05) is 51.5 Å². The number of piperazine rings is 1. The van der Waals surface area contributed by atoms with Crippen LogP contribution in [-0.2, 0) is 13.1 Å². The highest BCUT2D eigenvalue weighted by Crippen LogP contribution is 2.14. The van der Waals surface area contributed by atoms with Crippen LogP contribution in [0.1, 0.15) is 48.3 Å². The standard InChI is InChI=1S/C23H32N4O/c1-3-22(4-2)27-14-12-26(13-15-27)18-21-11-10-20(17-24-21)23(28)25-16-19-8-6-5-7-9-19/h5-11,17,22H,3-4,12-16,18H2,1-2H3,(H,25,28). The second-order valence-corrected chi connectivity index (χ2v) is 7.49. The molecule has 150 valence electrons. The zero-order valence-corrected chi connectivity index (χ0v) is 17.1. The Morgan fingerprint density at radius 2 is 1.75 bits per heavy atom. The number of carbonyl (C=O) groups is 1. The molecule has 5 heteroatoms. The fourth-order valence-electron chi connectivity index (χ4n) is 3.85. The Morgan fingerprint density at radius 3 is 2.36 bits per heavy atom. The average Bonchev–Trinajstić information content (AvgIpc) is 2.75. The van der Waals surface area contributed by atoms with Gasteiger partial charge in [0.05, 0.1) is 11.3 Å². The number of nitrogens with one attached hydrogen (secondary N) is 1. The monoisotopic (exact) mass is 380 g/mol. The van der Waals surface area contributed by atoms with Gasteiger partial charge in [0.15, 0.2) is 0 Å². The fraction of sp³-hybridized carbons (Fsp3) is 0.478. The van der Waals surface area contributed by atoms with Crippen LogP contribution in [0.4, 0.5) is 0 Å². The Labute approximate surface area is 168 Å². The van der Waals surface area contributed by atoms with Gasteiger partial charge in [-0.2, -0.15) is 0 Å². The molecule has 0 spiro atoms. The molecule has 28 heavy (non-hydrogen) atoms. The van der Waals surface area contributed by atoms with E-state index in [0.717, 1.165) is 44.0 Å². The summed E-state index contributed by atoms with van der Waals surface area (Å²) in [5.74, 6) is -0.0818. The molecule has 1 saturated heterocycles. The van der Waals surface area contributed by atoms with Gasteiger partial charge in [-0.15, -0.1) is 0 Å². The van der Waals surface area contributed by atoms with Crippen molar-refractivity contribution in [3.05, 3.63) is 65.5 Å². The molecule has 3 rings (SSSR count). The summed E-state index contributed by atoms with van der Waals surface area (Å²) in [5, 5.41) is 2.95. The quantitative estimate of drug-likeness (QED) is 0.763. The highest BCUT2D eigenvalue weighted by molar-refractivity contribution is 5.93. The van der Waals surface area contributed by atoms with Crippen molar-refractivity contribution in [3.63, 3.8) is 0 Å². The maximum absolute atomic E-state index is 12.3. The van der Waals surface area contributed by atoms with E-state index in [1.807, 2.05) is 42.5 Å². The Morgan fingerprint density at radius 1 is 1.04 bits per heavy atom. The summed E-state index contributed by atoms with van der Waals surface area (Å²) in [5.41, 5.74) is 2.72. The number of hydrogen-bond acceptors (Lipinski definition) is 4. The number of carbonyl (C=O) groups excluding carboxylic acids is 1. The van der Waals surface area contributed by atoms with E-state index in [9.17, 15) is 4.79 Å². The molecule has 1 N–H and O–H groups in total. The van der Waals surface area contributed by atoms with Gasteiger partial charge in [0.1, 0.15) is 0 Å². The number of amides is 1. The maximum atomic E-state index is 12.3. The van der Waals surface area contributed by atoms with Crippen molar-refractivity contribution in [2.24, 2.45) is 0 Å². The smallest absolute Gasteiger partial charge is 0.253 e. The van der Waals surface area contributed by atoms with Crippen LogP contribution >= 0.6 is 0 Å². The lowest BCUT2D eigenvalue weighted by Crippen LogP contribution is -2.49. The normalized spacial score (nSPS) is 15.7. The maximum Gasteiger partial charge on any atom is 0.253 e. The number of rotatable bonds is 8. The second-order valence-electron chi connectivity index (χ2n) is 7.49. The topological polar surface area (TPSA) is 48.5 Å². The van der Waals surface area contributed by atoms with Gasteiger partial charge < -0.3 is 5.32 Å². The summed E-state index contributed by atoms with van der Waals surface area (Å²) < 4.78 is 0. The van der Waals surface area contributed by atoms with Crippen molar-refractivity contribution in [2.45, 2.75) is 45.8 Å². The van der Waals surface area contributed by atoms with Gasteiger partial charge in [-0.3, -0.25) is 19.6 Å². The van der Waals surface area contributed by atoms with E-state index in [4.69, 9.17) is 0 Å². The van der Waals surface area contributed by atoms with Crippen molar-refractivity contribution >= 4 is 5.91 Å². The molecule has 0 aliphatic carbocycles. The van der Waals surface area contributed by atoms with Crippen molar-refractivity contribution < 1.29 is 4.79 Å². The SMILES string of the molecule is CCC(CC)N1CCN(Cc2ccc(C(=O)NCc3ccccc3)cn2)CC1. The highest BCUT2D eigenvalue weighted by atomic mass is 16.1. The minimum absolute atomic E-state index is 0.0818. The van der Waals surface area contributed by atoms with E-state index < -0.39 is 0 Å². The third-order valence-corrected chi connectivity index (χ3v) is 5.63. The summed E-state index contributed by atoms with van der Waals surface area (Å²) >= 11 is 0. The fourth-order valence-corrected chi connectivity index (χ4v) is 3.85. The molecule has 1 aliphatic rings. The van der Waals surface area contributed by atoms with Crippen LogP contribution in [0.15, 0.2) is 48.7 Å². The first-order valence-corrected chi connectivity index (χ1v) is 10.4. The largest absolute Gasteiger partial charge is 0.348 e. The lowest BCUT2D eigenvalue weighted by Gasteiger charge is -2.38. The molecule has 1 aromatic carbocycles. The Bertz CT molecular complexity index is 720.